The van der Waals surface area contributed by atoms with E-state index in [0.717, 1.165) is 5.56 Å². The Hall–Kier alpha value is -2.04. The molecule has 0 aliphatic rings. The second kappa shape index (κ2) is 6.78. The van der Waals surface area contributed by atoms with E-state index in [1.807, 2.05) is 30.3 Å². The maximum Gasteiger partial charge on any atom is 0.333 e. The van der Waals surface area contributed by atoms with Gasteiger partial charge in [-0.25, -0.2) is 10.2 Å². The average molecular weight is 276 g/mol. The number of hydrogen-bond donors (Lipinski definition) is 3. The van der Waals surface area contributed by atoms with Crippen LogP contribution >= 0.6 is 11.6 Å². The third-order valence-corrected chi connectivity index (χ3v) is 2.69. The van der Waals surface area contributed by atoms with Crippen molar-refractivity contribution >= 4 is 23.3 Å². The maximum absolute atomic E-state index is 11.6. The van der Waals surface area contributed by atoms with Gasteiger partial charge in [0.1, 0.15) is 0 Å². The highest BCUT2D eigenvalue weighted by Crippen LogP contribution is 2.12. The largest absolute Gasteiger partial charge is 0.333 e. The lowest BCUT2D eigenvalue weighted by atomic mass is 10.2. The van der Waals surface area contributed by atoms with Gasteiger partial charge < -0.3 is 5.32 Å². The molecule has 0 aliphatic heterocycles. The van der Waals surface area contributed by atoms with E-state index in [2.05, 4.69) is 16.2 Å². The number of rotatable bonds is 4. The molecule has 0 saturated carbocycles. The Balaban J connectivity index is 1.74. The fraction of sp³-hybridized carbons (Fsp3) is 0.0714. The summed E-state index contributed by atoms with van der Waals surface area (Å²) in [7, 11) is 0. The lowest BCUT2D eigenvalue weighted by Gasteiger charge is -2.09. The number of hydrogen-bond acceptors (Lipinski definition) is 2. The van der Waals surface area contributed by atoms with Gasteiger partial charge in [-0.1, -0.05) is 41.9 Å². The number of hydrazine groups is 1. The van der Waals surface area contributed by atoms with E-state index in [-0.39, 0.29) is 6.03 Å². The normalized spacial score (nSPS) is 9.95. The van der Waals surface area contributed by atoms with Crippen LogP contribution in [0.5, 0.6) is 0 Å². The van der Waals surface area contributed by atoms with Crippen LogP contribution in [0.25, 0.3) is 0 Å². The Morgan fingerprint density at radius 3 is 2.37 bits per heavy atom. The average Bonchev–Trinajstić information content (AvgIpc) is 2.43. The number of anilines is 1. The number of halogens is 1. The predicted octanol–water partition coefficient (Wildman–Crippen LogP) is 3.17. The molecule has 0 atom stereocenters. The molecule has 0 spiro atoms. The minimum Gasteiger partial charge on any atom is -0.307 e. The molecule has 2 aromatic rings. The van der Waals surface area contributed by atoms with Crippen molar-refractivity contribution in [1.29, 1.82) is 0 Å². The van der Waals surface area contributed by atoms with Crippen LogP contribution in [0, 0.1) is 0 Å². The van der Waals surface area contributed by atoms with Gasteiger partial charge in [0.25, 0.3) is 0 Å². The van der Waals surface area contributed by atoms with Gasteiger partial charge in [-0.15, -0.1) is 0 Å². The molecular weight excluding hydrogens is 262 g/mol. The van der Waals surface area contributed by atoms with Crippen LogP contribution in [-0.2, 0) is 6.54 Å². The highest BCUT2D eigenvalue weighted by molar-refractivity contribution is 6.30. The smallest absolute Gasteiger partial charge is 0.307 e. The molecule has 0 aromatic heterocycles. The lowest BCUT2D eigenvalue weighted by Crippen LogP contribution is -2.39. The van der Waals surface area contributed by atoms with Gasteiger partial charge >= 0.3 is 6.03 Å². The van der Waals surface area contributed by atoms with Crippen molar-refractivity contribution in [3.05, 3.63) is 65.2 Å². The molecule has 0 radical (unpaired) electrons. The topological polar surface area (TPSA) is 53.2 Å². The zero-order valence-electron chi connectivity index (χ0n) is 10.2. The number of amides is 2. The van der Waals surface area contributed by atoms with E-state index >= 15 is 0 Å². The van der Waals surface area contributed by atoms with Crippen LogP contribution in [0.15, 0.2) is 54.6 Å². The highest BCUT2D eigenvalue weighted by Gasteiger charge is 2.00. The molecule has 5 heteroatoms. The first-order chi connectivity index (χ1) is 9.24. The number of nitrogens with one attached hydrogen (secondary N) is 3. The van der Waals surface area contributed by atoms with Gasteiger partial charge in [-0.3, -0.25) is 5.43 Å². The van der Waals surface area contributed by atoms with Crippen LogP contribution in [-0.4, -0.2) is 6.03 Å². The zero-order valence-corrected chi connectivity index (χ0v) is 10.9. The molecule has 0 unspecified atom stereocenters. The van der Waals surface area contributed by atoms with Crippen molar-refractivity contribution in [3.63, 3.8) is 0 Å². The molecule has 2 rings (SSSR count). The summed E-state index contributed by atoms with van der Waals surface area (Å²) < 4.78 is 0. The summed E-state index contributed by atoms with van der Waals surface area (Å²) in [6.07, 6.45) is 0. The van der Waals surface area contributed by atoms with Gasteiger partial charge in [0.2, 0.25) is 0 Å². The van der Waals surface area contributed by atoms with Crippen LogP contribution in [0.4, 0.5) is 10.5 Å². The van der Waals surface area contributed by atoms with Crippen LogP contribution in [0.1, 0.15) is 5.56 Å². The van der Waals surface area contributed by atoms with Crippen molar-refractivity contribution in [2.75, 3.05) is 5.32 Å². The first kappa shape index (κ1) is 13.4. The van der Waals surface area contributed by atoms with Gasteiger partial charge in [-0.05, 0) is 29.8 Å². The van der Waals surface area contributed by atoms with E-state index in [1.165, 1.54) is 0 Å². The Labute approximate surface area is 116 Å². The minimum absolute atomic E-state index is 0.321. The number of carbonyl (C=O) groups is 1. The fourth-order valence-corrected chi connectivity index (χ4v) is 1.64. The van der Waals surface area contributed by atoms with Gasteiger partial charge in [0.15, 0.2) is 0 Å². The van der Waals surface area contributed by atoms with Gasteiger partial charge in [0, 0.05) is 17.3 Å². The van der Waals surface area contributed by atoms with E-state index in [0.29, 0.717) is 17.3 Å². The van der Waals surface area contributed by atoms with E-state index in [4.69, 9.17) is 11.6 Å². The van der Waals surface area contributed by atoms with Crippen LogP contribution < -0.4 is 16.2 Å². The number of urea groups is 1. The quantitative estimate of drug-likeness (QED) is 0.751. The monoisotopic (exact) mass is 275 g/mol. The molecule has 3 N–H and O–H groups in total. The predicted molar refractivity (Wildman–Crippen MR) is 76.9 cm³/mol. The third-order valence-electron chi connectivity index (χ3n) is 2.44. The van der Waals surface area contributed by atoms with Gasteiger partial charge in [-0.2, -0.15) is 0 Å². The SMILES string of the molecule is O=C(NNCc1ccccc1)Nc1ccc(Cl)cc1. The fourth-order valence-electron chi connectivity index (χ4n) is 1.52. The summed E-state index contributed by atoms with van der Waals surface area (Å²) in [6.45, 7) is 0.564. The van der Waals surface area contributed by atoms with Gasteiger partial charge in [0.05, 0.1) is 0 Å². The molecule has 4 nitrogen and oxygen atoms in total. The molecular formula is C14H14ClN3O. The number of benzene rings is 2. The molecule has 2 aromatic carbocycles. The third kappa shape index (κ3) is 4.62. The summed E-state index contributed by atoms with van der Waals surface area (Å²) in [5.74, 6) is 0. The summed E-state index contributed by atoms with van der Waals surface area (Å²) in [5, 5.41) is 3.32. The van der Waals surface area contributed by atoms with Crippen molar-refractivity contribution in [2.24, 2.45) is 0 Å². The molecule has 98 valence electrons. The summed E-state index contributed by atoms with van der Waals surface area (Å²) in [6, 6.07) is 16.4. The van der Waals surface area contributed by atoms with Crippen LogP contribution in [0.3, 0.4) is 0 Å². The van der Waals surface area contributed by atoms with E-state index in [1.54, 1.807) is 24.3 Å². The second-order valence-electron chi connectivity index (χ2n) is 3.93. The minimum atomic E-state index is -0.321. The second-order valence-corrected chi connectivity index (χ2v) is 4.36. The zero-order chi connectivity index (χ0) is 13.5. The van der Waals surface area contributed by atoms with Crippen molar-refractivity contribution in [3.8, 4) is 0 Å². The Kier molecular flexibility index (Phi) is 4.78. The lowest BCUT2D eigenvalue weighted by molar-refractivity contribution is 0.248. The number of carbonyl (C=O) groups excluding carboxylic acids is 1. The maximum atomic E-state index is 11.6. The Morgan fingerprint density at radius 2 is 1.68 bits per heavy atom. The molecule has 0 fully saturated rings. The Bertz CT molecular complexity index is 528. The van der Waals surface area contributed by atoms with E-state index in [9.17, 15) is 4.79 Å². The van der Waals surface area contributed by atoms with E-state index < -0.39 is 0 Å². The van der Waals surface area contributed by atoms with Crippen molar-refractivity contribution in [2.45, 2.75) is 6.54 Å². The highest BCUT2D eigenvalue weighted by atomic mass is 35.5. The molecule has 0 aliphatic carbocycles. The van der Waals surface area contributed by atoms with Crippen molar-refractivity contribution in [1.82, 2.24) is 10.9 Å². The molecule has 19 heavy (non-hydrogen) atoms. The summed E-state index contributed by atoms with van der Waals surface area (Å²) >= 11 is 5.76. The summed E-state index contributed by atoms with van der Waals surface area (Å²) in [4.78, 5) is 11.6. The van der Waals surface area contributed by atoms with Crippen molar-refractivity contribution < 1.29 is 4.79 Å². The first-order valence-corrected chi connectivity index (χ1v) is 6.21. The molecule has 2 amide bonds. The first-order valence-electron chi connectivity index (χ1n) is 5.83. The standard InChI is InChI=1S/C14H14ClN3O/c15-12-6-8-13(9-7-12)17-14(19)18-16-10-11-4-2-1-3-5-11/h1-9,16H,10H2,(H2,17,18,19). The summed E-state index contributed by atoms with van der Waals surface area (Å²) in [5.41, 5.74) is 7.18. The molecule has 0 heterocycles. The van der Waals surface area contributed by atoms with Crippen LogP contribution in [0.2, 0.25) is 5.02 Å². The Morgan fingerprint density at radius 1 is 1.00 bits per heavy atom. The molecule has 0 saturated heterocycles. The molecule has 0 bridgehead atoms.